The Hall–Kier alpha value is -3.12. The first kappa shape index (κ1) is 22.6. The molecule has 0 aliphatic heterocycles. The monoisotopic (exact) mass is 420 g/mol. The van der Waals surface area contributed by atoms with Crippen molar-refractivity contribution in [3.63, 3.8) is 0 Å². The molecule has 0 bridgehead atoms. The molecule has 1 aromatic heterocycles. The van der Waals surface area contributed by atoms with Gasteiger partial charge in [0.05, 0.1) is 25.4 Å². The lowest BCUT2D eigenvalue weighted by molar-refractivity contribution is -0.122. The molecule has 1 heterocycles. The molecule has 1 amide bonds. The zero-order valence-corrected chi connectivity index (χ0v) is 18.9. The number of hydrogen-bond acceptors (Lipinski definition) is 4. The maximum absolute atomic E-state index is 12.5. The van der Waals surface area contributed by atoms with Crippen molar-refractivity contribution < 1.29 is 9.53 Å². The summed E-state index contributed by atoms with van der Waals surface area (Å²) in [5.41, 5.74) is 5.48. The van der Waals surface area contributed by atoms with E-state index in [4.69, 9.17) is 4.74 Å². The van der Waals surface area contributed by atoms with Crippen molar-refractivity contribution in [1.82, 2.24) is 20.0 Å². The largest absolute Gasteiger partial charge is 0.494 e. The number of hydrogen-bond donors (Lipinski definition) is 1. The molecule has 1 N–H and O–H groups in total. The first-order chi connectivity index (χ1) is 15.0. The van der Waals surface area contributed by atoms with E-state index in [0.717, 1.165) is 34.8 Å². The number of carbonyl (C=O) groups is 1. The molecule has 0 saturated heterocycles. The lowest BCUT2D eigenvalue weighted by Gasteiger charge is -2.17. The van der Waals surface area contributed by atoms with E-state index in [1.54, 1.807) is 0 Å². The minimum Gasteiger partial charge on any atom is -0.494 e. The van der Waals surface area contributed by atoms with E-state index in [0.29, 0.717) is 26.2 Å². The number of aryl methyl sites for hydroxylation is 1. The van der Waals surface area contributed by atoms with Crippen LogP contribution in [0.5, 0.6) is 5.75 Å². The Bertz CT molecular complexity index is 981. The lowest BCUT2D eigenvalue weighted by atomic mass is 10.2. The van der Waals surface area contributed by atoms with Gasteiger partial charge in [-0.2, -0.15) is 5.10 Å². The highest BCUT2D eigenvalue weighted by Gasteiger charge is 2.14. The van der Waals surface area contributed by atoms with Gasteiger partial charge in [-0.15, -0.1) is 0 Å². The summed E-state index contributed by atoms with van der Waals surface area (Å²) >= 11 is 0. The van der Waals surface area contributed by atoms with Crippen LogP contribution >= 0.6 is 0 Å². The summed E-state index contributed by atoms with van der Waals surface area (Å²) in [5, 5.41) is 7.71. The van der Waals surface area contributed by atoms with Crippen molar-refractivity contribution in [3.8, 4) is 5.75 Å². The molecule has 31 heavy (non-hydrogen) atoms. The van der Waals surface area contributed by atoms with Gasteiger partial charge >= 0.3 is 0 Å². The molecule has 0 aliphatic carbocycles. The maximum atomic E-state index is 12.5. The van der Waals surface area contributed by atoms with Crippen molar-refractivity contribution >= 4 is 5.91 Å². The highest BCUT2D eigenvalue weighted by molar-refractivity contribution is 5.78. The van der Waals surface area contributed by atoms with Gasteiger partial charge in [-0.05, 0) is 51.1 Å². The third-order valence-corrected chi connectivity index (χ3v) is 5.27. The minimum absolute atomic E-state index is 0.00282. The van der Waals surface area contributed by atoms with Gasteiger partial charge in [-0.3, -0.25) is 14.4 Å². The summed E-state index contributed by atoms with van der Waals surface area (Å²) in [7, 11) is 1.95. The van der Waals surface area contributed by atoms with E-state index in [1.165, 1.54) is 5.56 Å². The van der Waals surface area contributed by atoms with E-state index < -0.39 is 0 Å². The number of amides is 1. The summed E-state index contributed by atoms with van der Waals surface area (Å²) in [6.07, 6.45) is 0. The Morgan fingerprint density at radius 1 is 1.06 bits per heavy atom. The Morgan fingerprint density at radius 3 is 2.45 bits per heavy atom. The summed E-state index contributed by atoms with van der Waals surface area (Å²) in [6, 6.07) is 18.3. The zero-order chi connectivity index (χ0) is 22.2. The molecule has 6 heteroatoms. The fourth-order valence-corrected chi connectivity index (χ4v) is 3.61. The van der Waals surface area contributed by atoms with Crippen LogP contribution in [-0.2, 0) is 24.4 Å². The van der Waals surface area contributed by atoms with Gasteiger partial charge in [0.2, 0.25) is 5.91 Å². The van der Waals surface area contributed by atoms with E-state index >= 15 is 0 Å². The van der Waals surface area contributed by atoms with Crippen molar-refractivity contribution in [2.45, 2.75) is 40.4 Å². The number of likely N-dealkylation sites (N-methyl/N-ethyl adjacent to an activating group) is 1. The van der Waals surface area contributed by atoms with Gasteiger partial charge in [-0.25, -0.2) is 0 Å². The third kappa shape index (κ3) is 6.43. The van der Waals surface area contributed by atoms with Crippen LogP contribution in [0.25, 0.3) is 0 Å². The predicted molar refractivity (Wildman–Crippen MR) is 123 cm³/mol. The topological polar surface area (TPSA) is 59.4 Å². The Kier molecular flexibility index (Phi) is 7.84. The van der Waals surface area contributed by atoms with Gasteiger partial charge in [0, 0.05) is 24.3 Å². The molecule has 3 aromatic rings. The Morgan fingerprint density at radius 2 is 1.77 bits per heavy atom. The fraction of sp³-hybridized carbons (Fsp3) is 0.360. The Balaban J connectivity index is 1.51. The van der Waals surface area contributed by atoms with Gasteiger partial charge < -0.3 is 10.1 Å². The first-order valence-corrected chi connectivity index (χ1v) is 10.7. The van der Waals surface area contributed by atoms with Crippen LogP contribution in [0.15, 0.2) is 54.6 Å². The number of nitrogens with one attached hydrogen (secondary N) is 1. The highest BCUT2D eigenvalue weighted by atomic mass is 16.5. The van der Waals surface area contributed by atoms with Crippen LogP contribution in [0.3, 0.4) is 0 Å². The number of ether oxygens (including phenoxy) is 1. The number of rotatable bonds is 10. The van der Waals surface area contributed by atoms with E-state index in [9.17, 15) is 4.79 Å². The van der Waals surface area contributed by atoms with Crippen LogP contribution in [0.1, 0.15) is 35.0 Å². The molecule has 0 saturated carbocycles. The molecule has 0 atom stereocenters. The maximum Gasteiger partial charge on any atom is 0.234 e. The van der Waals surface area contributed by atoms with E-state index in [1.807, 2.05) is 72.9 Å². The second-order valence-corrected chi connectivity index (χ2v) is 7.82. The van der Waals surface area contributed by atoms with Crippen LogP contribution < -0.4 is 10.1 Å². The summed E-state index contributed by atoms with van der Waals surface area (Å²) in [4.78, 5) is 14.5. The molecule has 0 aliphatic rings. The Labute approximate surface area is 184 Å². The molecule has 0 unspecified atom stereocenters. The van der Waals surface area contributed by atoms with Crippen LogP contribution in [0, 0.1) is 13.8 Å². The van der Waals surface area contributed by atoms with E-state index in [2.05, 4.69) is 29.5 Å². The van der Waals surface area contributed by atoms with Crippen LogP contribution in [0.2, 0.25) is 0 Å². The molecule has 0 spiro atoms. The normalized spacial score (nSPS) is 11.0. The average molecular weight is 421 g/mol. The van der Waals surface area contributed by atoms with Crippen molar-refractivity contribution in [2.75, 3.05) is 20.2 Å². The molecule has 0 fully saturated rings. The number of nitrogens with zero attached hydrogens (tertiary/aromatic N) is 3. The van der Waals surface area contributed by atoms with Crippen molar-refractivity contribution in [1.29, 1.82) is 0 Å². The molecule has 6 nitrogen and oxygen atoms in total. The quantitative estimate of drug-likeness (QED) is 0.543. The van der Waals surface area contributed by atoms with Gasteiger partial charge in [-0.1, -0.05) is 42.5 Å². The fourth-order valence-electron chi connectivity index (χ4n) is 3.61. The summed E-state index contributed by atoms with van der Waals surface area (Å²) < 4.78 is 7.48. The highest BCUT2D eigenvalue weighted by Crippen LogP contribution is 2.15. The van der Waals surface area contributed by atoms with Gasteiger partial charge in [0.15, 0.2) is 0 Å². The van der Waals surface area contributed by atoms with Crippen molar-refractivity contribution in [3.05, 3.63) is 82.7 Å². The lowest BCUT2D eigenvalue weighted by Crippen LogP contribution is -2.34. The number of benzene rings is 2. The summed E-state index contributed by atoms with van der Waals surface area (Å²) in [5.74, 6) is 0.869. The van der Waals surface area contributed by atoms with Gasteiger partial charge in [0.25, 0.3) is 0 Å². The standard InChI is InChI=1S/C25H32N4O2/c1-5-31-23-13-11-22(12-14-23)16-28(4)18-25(30)26-15-24-19(2)27-29(20(24)3)17-21-9-7-6-8-10-21/h6-14H,5,15-18H2,1-4H3,(H,26,30). The molecular formula is C25H32N4O2. The average Bonchev–Trinajstić information content (AvgIpc) is 3.01. The molecular weight excluding hydrogens is 388 g/mol. The third-order valence-electron chi connectivity index (χ3n) is 5.27. The summed E-state index contributed by atoms with van der Waals surface area (Å²) in [6.45, 7) is 8.93. The van der Waals surface area contributed by atoms with E-state index in [-0.39, 0.29) is 5.91 Å². The molecule has 0 radical (unpaired) electrons. The molecule has 3 rings (SSSR count). The number of aromatic nitrogens is 2. The second-order valence-electron chi connectivity index (χ2n) is 7.82. The molecule has 164 valence electrons. The molecule has 2 aromatic carbocycles. The number of carbonyl (C=O) groups excluding carboxylic acids is 1. The SMILES string of the molecule is CCOc1ccc(CN(C)CC(=O)NCc2c(C)nn(Cc3ccccc3)c2C)cc1. The van der Waals surface area contributed by atoms with Crippen LogP contribution in [-0.4, -0.2) is 40.8 Å². The zero-order valence-electron chi connectivity index (χ0n) is 18.9. The minimum atomic E-state index is 0.00282. The van der Waals surface area contributed by atoms with Gasteiger partial charge in [0.1, 0.15) is 5.75 Å². The van der Waals surface area contributed by atoms with Crippen molar-refractivity contribution in [2.24, 2.45) is 0 Å². The predicted octanol–water partition coefficient (Wildman–Crippen LogP) is 3.70. The van der Waals surface area contributed by atoms with Crippen LogP contribution in [0.4, 0.5) is 0 Å². The first-order valence-electron chi connectivity index (χ1n) is 10.7. The second kappa shape index (κ2) is 10.8. The smallest absolute Gasteiger partial charge is 0.234 e.